The Labute approximate surface area is 186 Å². The zero-order chi connectivity index (χ0) is 23.7. The monoisotopic (exact) mass is 451 g/mol. The molecule has 1 aliphatic rings. The highest BCUT2D eigenvalue weighted by molar-refractivity contribution is 5.97. The van der Waals surface area contributed by atoms with Crippen LogP contribution < -0.4 is 10.6 Å². The van der Waals surface area contributed by atoms with Gasteiger partial charge in [0.05, 0.1) is 11.6 Å². The number of carbonyl (C=O) groups excluding carboxylic acids is 1. The summed E-state index contributed by atoms with van der Waals surface area (Å²) >= 11 is 0. The van der Waals surface area contributed by atoms with Crippen molar-refractivity contribution in [1.82, 2.24) is 10.3 Å². The fourth-order valence-electron chi connectivity index (χ4n) is 4.26. The number of aromatic nitrogens is 1. The molecule has 2 aromatic rings. The van der Waals surface area contributed by atoms with Gasteiger partial charge in [-0.2, -0.15) is 13.2 Å². The number of carbonyl (C=O) groups is 1. The van der Waals surface area contributed by atoms with E-state index in [0.29, 0.717) is 29.6 Å². The molecule has 0 aliphatic heterocycles. The molecule has 1 heterocycles. The fraction of sp³-hybridized carbons (Fsp3) is 0.583. The Bertz CT molecular complexity index is 983. The van der Waals surface area contributed by atoms with E-state index in [0.717, 1.165) is 30.4 Å². The first kappa shape index (κ1) is 24.3. The minimum atomic E-state index is -4.32. The second kappa shape index (κ2) is 9.25. The maximum Gasteiger partial charge on any atom is 0.405 e. The minimum Gasteiger partial charge on any atom is -0.393 e. The van der Waals surface area contributed by atoms with Crippen molar-refractivity contribution >= 4 is 22.5 Å². The van der Waals surface area contributed by atoms with E-state index in [1.807, 2.05) is 27.7 Å². The van der Waals surface area contributed by atoms with E-state index in [1.54, 1.807) is 18.2 Å². The van der Waals surface area contributed by atoms with Crippen molar-refractivity contribution < 1.29 is 23.1 Å². The molecule has 1 amide bonds. The first-order valence-electron chi connectivity index (χ1n) is 11.1. The number of hydrogen-bond acceptors (Lipinski definition) is 4. The van der Waals surface area contributed by atoms with Gasteiger partial charge in [0, 0.05) is 17.6 Å². The molecule has 1 aromatic carbocycles. The van der Waals surface area contributed by atoms with E-state index < -0.39 is 12.7 Å². The highest BCUT2D eigenvalue weighted by atomic mass is 19.4. The van der Waals surface area contributed by atoms with Gasteiger partial charge in [-0.25, -0.2) is 4.98 Å². The van der Waals surface area contributed by atoms with Crippen LogP contribution in [0.5, 0.6) is 0 Å². The Morgan fingerprint density at radius 2 is 1.91 bits per heavy atom. The third kappa shape index (κ3) is 6.12. The lowest BCUT2D eigenvalue weighted by atomic mass is 9.84. The molecule has 1 aromatic heterocycles. The molecule has 1 fully saturated rings. The Morgan fingerprint density at radius 1 is 1.19 bits per heavy atom. The Kier molecular flexibility index (Phi) is 7.03. The van der Waals surface area contributed by atoms with Gasteiger partial charge in [0.15, 0.2) is 0 Å². The van der Waals surface area contributed by atoms with Crippen LogP contribution in [0.1, 0.15) is 68.1 Å². The second-order valence-electron chi connectivity index (χ2n) is 9.86. The third-order valence-corrected chi connectivity index (χ3v) is 5.96. The summed E-state index contributed by atoms with van der Waals surface area (Å²) in [4.78, 5) is 17.5. The molecule has 0 saturated heterocycles. The van der Waals surface area contributed by atoms with Gasteiger partial charge in [-0.1, -0.05) is 27.2 Å². The molecule has 3 rings (SSSR count). The van der Waals surface area contributed by atoms with Crippen molar-refractivity contribution in [2.45, 2.75) is 71.1 Å². The molecule has 0 radical (unpaired) electrons. The topological polar surface area (TPSA) is 74.2 Å². The maximum atomic E-state index is 12.8. The number of aliphatic hydroxyl groups is 1. The summed E-state index contributed by atoms with van der Waals surface area (Å²) in [5, 5.41) is 16.0. The van der Waals surface area contributed by atoms with Crippen molar-refractivity contribution in [2.24, 2.45) is 5.92 Å². The summed E-state index contributed by atoms with van der Waals surface area (Å²) in [5.74, 6) is -0.0362. The number of pyridine rings is 1. The fourth-order valence-corrected chi connectivity index (χ4v) is 4.26. The Morgan fingerprint density at radius 3 is 2.53 bits per heavy atom. The minimum absolute atomic E-state index is 0.247. The molecule has 176 valence electrons. The average Bonchev–Trinajstić information content (AvgIpc) is 2.69. The number of hydrogen-bond donors (Lipinski definition) is 3. The molecular weight excluding hydrogens is 419 g/mol. The number of anilines is 1. The summed E-state index contributed by atoms with van der Waals surface area (Å²) in [6.07, 6.45) is -1.20. The molecular formula is C24H32F3N3O2. The van der Waals surface area contributed by atoms with Gasteiger partial charge in [0.2, 0.25) is 0 Å². The zero-order valence-corrected chi connectivity index (χ0v) is 19.1. The summed E-state index contributed by atoms with van der Waals surface area (Å²) in [6.45, 7) is 7.10. The first-order chi connectivity index (χ1) is 14.8. The SMILES string of the molecule is Cc1cc(C(=O)NCC2CCCC(O)C2)nc2c(C(C)(C)C)cc(NCC(F)(F)F)cc12. The second-order valence-corrected chi connectivity index (χ2v) is 9.86. The van der Waals surface area contributed by atoms with Crippen molar-refractivity contribution in [3.05, 3.63) is 35.0 Å². The van der Waals surface area contributed by atoms with Crippen LogP contribution in [0.2, 0.25) is 0 Å². The quantitative estimate of drug-likeness (QED) is 0.592. The van der Waals surface area contributed by atoms with E-state index in [2.05, 4.69) is 15.6 Å². The lowest BCUT2D eigenvalue weighted by molar-refractivity contribution is -0.115. The number of rotatable bonds is 5. The predicted octanol–water partition coefficient (Wildman–Crippen LogP) is 5.10. The standard InChI is InChI=1S/C24H32F3N3O2/c1-14-8-20(22(32)28-12-15-6-5-7-17(31)9-15)30-21-18(14)10-16(29-13-24(25,26)27)11-19(21)23(2,3)4/h8,10-11,15,17,29,31H,5-7,9,12-13H2,1-4H3,(H,28,32). The number of aliphatic hydroxyl groups excluding tert-OH is 1. The van der Waals surface area contributed by atoms with Gasteiger partial charge in [0.1, 0.15) is 12.2 Å². The van der Waals surface area contributed by atoms with Gasteiger partial charge in [-0.05, 0) is 66.8 Å². The normalized spacial score (nSPS) is 19.8. The maximum absolute atomic E-state index is 12.8. The first-order valence-corrected chi connectivity index (χ1v) is 11.1. The lowest BCUT2D eigenvalue weighted by Crippen LogP contribution is -2.33. The number of amides is 1. The highest BCUT2D eigenvalue weighted by Crippen LogP contribution is 2.34. The number of alkyl halides is 3. The van der Waals surface area contributed by atoms with Crippen molar-refractivity contribution in [2.75, 3.05) is 18.4 Å². The summed E-state index contributed by atoms with van der Waals surface area (Å²) in [7, 11) is 0. The largest absolute Gasteiger partial charge is 0.405 e. The predicted molar refractivity (Wildman–Crippen MR) is 120 cm³/mol. The van der Waals surface area contributed by atoms with Crippen LogP contribution >= 0.6 is 0 Å². The molecule has 0 spiro atoms. The highest BCUT2D eigenvalue weighted by Gasteiger charge is 2.28. The molecule has 8 heteroatoms. The average molecular weight is 452 g/mol. The van der Waals surface area contributed by atoms with Crippen LogP contribution in [0, 0.1) is 12.8 Å². The van der Waals surface area contributed by atoms with E-state index in [1.165, 1.54) is 0 Å². The van der Waals surface area contributed by atoms with Crippen LogP contribution in [-0.4, -0.2) is 41.4 Å². The molecule has 3 N–H and O–H groups in total. The van der Waals surface area contributed by atoms with Gasteiger partial charge in [-0.3, -0.25) is 4.79 Å². The Balaban J connectivity index is 1.90. The van der Waals surface area contributed by atoms with Crippen LogP contribution in [0.15, 0.2) is 18.2 Å². The van der Waals surface area contributed by atoms with Crippen molar-refractivity contribution in [1.29, 1.82) is 0 Å². The summed E-state index contributed by atoms with van der Waals surface area (Å²) in [6, 6.07) is 5.02. The number of nitrogens with one attached hydrogen (secondary N) is 2. The molecule has 1 aliphatic carbocycles. The number of fused-ring (bicyclic) bond motifs is 1. The van der Waals surface area contributed by atoms with Crippen LogP contribution in [0.3, 0.4) is 0 Å². The molecule has 32 heavy (non-hydrogen) atoms. The molecule has 5 nitrogen and oxygen atoms in total. The molecule has 2 unspecified atom stereocenters. The van der Waals surface area contributed by atoms with Crippen LogP contribution in [0.4, 0.5) is 18.9 Å². The van der Waals surface area contributed by atoms with Gasteiger partial charge in [0.25, 0.3) is 5.91 Å². The van der Waals surface area contributed by atoms with E-state index in [9.17, 15) is 23.1 Å². The zero-order valence-electron chi connectivity index (χ0n) is 19.1. The Hall–Kier alpha value is -2.35. The van der Waals surface area contributed by atoms with Gasteiger partial charge in [-0.15, -0.1) is 0 Å². The van der Waals surface area contributed by atoms with Crippen molar-refractivity contribution in [3.63, 3.8) is 0 Å². The van der Waals surface area contributed by atoms with Gasteiger partial charge < -0.3 is 15.7 Å². The molecule has 0 bridgehead atoms. The number of aryl methyl sites for hydroxylation is 1. The van der Waals surface area contributed by atoms with E-state index in [-0.39, 0.29) is 29.0 Å². The number of nitrogens with zero attached hydrogens (tertiary/aromatic N) is 1. The molecule has 2 atom stereocenters. The van der Waals surface area contributed by atoms with Gasteiger partial charge >= 0.3 is 6.18 Å². The number of halogens is 3. The third-order valence-electron chi connectivity index (χ3n) is 5.96. The van der Waals surface area contributed by atoms with E-state index >= 15 is 0 Å². The number of benzene rings is 1. The molecule has 1 saturated carbocycles. The summed E-state index contributed by atoms with van der Waals surface area (Å²) < 4.78 is 38.1. The summed E-state index contributed by atoms with van der Waals surface area (Å²) in [5.41, 5.74) is 2.43. The van der Waals surface area contributed by atoms with Crippen LogP contribution in [-0.2, 0) is 5.41 Å². The van der Waals surface area contributed by atoms with Crippen LogP contribution in [0.25, 0.3) is 10.9 Å². The smallest absolute Gasteiger partial charge is 0.393 e. The van der Waals surface area contributed by atoms with E-state index in [4.69, 9.17) is 0 Å². The van der Waals surface area contributed by atoms with Crippen molar-refractivity contribution in [3.8, 4) is 0 Å². The lowest BCUT2D eigenvalue weighted by Gasteiger charge is -2.26.